The van der Waals surface area contributed by atoms with Gasteiger partial charge in [0.2, 0.25) is 0 Å². The first-order valence-corrected chi connectivity index (χ1v) is 8.78. The number of hydrogen-bond acceptors (Lipinski definition) is 6. The van der Waals surface area contributed by atoms with Crippen molar-refractivity contribution < 1.29 is 5.11 Å². The molecule has 6 heteroatoms. The van der Waals surface area contributed by atoms with E-state index in [0.717, 1.165) is 42.0 Å². The lowest BCUT2D eigenvalue weighted by molar-refractivity contribution is 0.206. The Balaban J connectivity index is 1.82. The highest BCUT2D eigenvalue weighted by molar-refractivity contribution is 7.18. The number of aromatic nitrogens is 2. The number of aliphatic hydroxyl groups is 1. The van der Waals surface area contributed by atoms with Crippen molar-refractivity contribution in [2.24, 2.45) is 0 Å². The molecule has 0 aliphatic carbocycles. The van der Waals surface area contributed by atoms with E-state index in [1.807, 2.05) is 0 Å². The van der Waals surface area contributed by atoms with Crippen LogP contribution in [0, 0.1) is 13.8 Å². The van der Waals surface area contributed by atoms with Crippen LogP contribution in [0.1, 0.15) is 41.9 Å². The fraction of sp³-hybridized carbons (Fsp3) is 0.625. The summed E-state index contributed by atoms with van der Waals surface area (Å²) in [4.78, 5) is 14.0. The van der Waals surface area contributed by atoms with Crippen LogP contribution in [0.3, 0.4) is 0 Å². The van der Waals surface area contributed by atoms with Gasteiger partial charge in [0.15, 0.2) is 0 Å². The largest absolute Gasteiger partial charge is 0.396 e. The molecule has 5 nitrogen and oxygen atoms in total. The van der Waals surface area contributed by atoms with Crippen molar-refractivity contribution in [2.45, 2.75) is 52.1 Å². The molecule has 22 heavy (non-hydrogen) atoms. The van der Waals surface area contributed by atoms with Crippen LogP contribution >= 0.6 is 11.3 Å². The Morgan fingerprint density at radius 3 is 2.95 bits per heavy atom. The molecule has 1 aliphatic heterocycles. The second-order valence-electron chi connectivity index (χ2n) is 6.12. The fourth-order valence-electron chi connectivity index (χ4n) is 3.34. The molecule has 120 valence electrons. The van der Waals surface area contributed by atoms with Gasteiger partial charge in [-0.3, -0.25) is 4.90 Å². The van der Waals surface area contributed by atoms with E-state index in [1.165, 1.54) is 23.3 Å². The van der Waals surface area contributed by atoms with Crippen LogP contribution < -0.4 is 5.73 Å². The number of fused-ring (bicyclic) bond motifs is 1. The summed E-state index contributed by atoms with van der Waals surface area (Å²) in [6.45, 7) is 6.30. The third kappa shape index (κ3) is 2.95. The number of anilines is 1. The fourth-order valence-corrected chi connectivity index (χ4v) is 4.39. The lowest BCUT2D eigenvalue weighted by Crippen LogP contribution is -2.30. The minimum atomic E-state index is 0.271. The number of aryl methyl sites for hydroxylation is 2. The van der Waals surface area contributed by atoms with Crippen LogP contribution in [0.5, 0.6) is 0 Å². The van der Waals surface area contributed by atoms with Crippen molar-refractivity contribution >= 4 is 27.4 Å². The maximum absolute atomic E-state index is 9.03. The molecule has 3 N–H and O–H groups in total. The van der Waals surface area contributed by atoms with E-state index in [1.54, 1.807) is 11.3 Å². The maximum atomic E-state index is 9.03. The first-order valence-electron chi connectivity index (χ1n) is 7.97. The minimum Gasteiger partial charge on any atom is -0.396 e. The first kappa shape index (κ1) is 15.6. The van der Waals surface area contributed by atoms with Gasteiger partial charge in [-0.2, -0.15) is 0 Å². The Kier molecular flexibility index (Phi) is 4.61. The molecular formula is C16H24N4OS. The first-order chi connectivity index (χ1) is 10.6. The Labute approximate surface area is 135 Å². The number of aliphatic hydroxyl groups excluding tert-OH is 1. The van der Waals surface area contributed by atoms with E-state index in [-0.39, 0.29) is 6.61 Å². The molecule has 1 aliphatic rings. The summed E-state index contributed by atoms with van der Waals surface area (Å²) in [5.41, 5.74) is 7.36. The van der Waals surface area contributed by atoms with Gasteiger partial charge in [-0.05, 0) is 51.6 Å². The summed E-state index contributed by atoms with van der Waals surface area (Å²) in [5.74, 6) is 1.43. The van der Waals surface area contributed by atoms with Crippen molar-refractivity contribution in [3.63, 3.8) is 0 Å². The number of hydrogen-bond donors (Lipinski definition) is 2. The predicted molar refractivity (Wildman–Crippen MR) is 91.1 cm³/mol. The molecule has 0 saturated carbocycles. The van der Waals surface area contributed by atoms with Crippen LogP contribution in [0.4, 0.5) is 5.82 Å². The molecule has 1 fully saturated rings. The standard InChI is InChI=1S/C16H24N4OS/c1-10-11(2)22-16-14(10)15(17)18-13(19-16)9-20-7-3-5-12(20)6-4-8-21/h12,21H,3-9H2,1-2H3,(H2,17,18,19). The normalized spacial score (nSPS) is 19.3. The highest BCUT2D eigenvalue weighted by Gasteiger charge is 2.25. The molecule has 2 aromatic rings. The number of nitrogens with zero attached hydrogens (tertiary/aromatic N) is 3. The van der Waals surface area contributed by atoms with Crippen LogP contribution in [0.25, 0.3) is 10.2 Å². The van der Waals surface area contributed by atoms with Gasteiger partial charge in [-0.1, -0.05) is 0 Å². The van der Waals surface area contributed by atoms with Crippen molar-refractivity contribution in [3.8, 4) is 0 Å². The quantitative estimate of drug-likeness (QED) is 0.886. The molecule has 0 radical (unpaired) electrons. The topological polar surface area (TPSA) is 75.3 Å². The summed E-state index contributed by atoms with van der Waals surface area (Å²) in [5, 5.41) is 10.0. The Morgan fingerprint density at radius 2 is 2.18 bits per heavy atom. The number of likely N-dealkylation sites (tertiary alicyclic amines) is 1. The van der Waals surface area contributed by atoms with Gasteiger partial charge < -0.3 is 10.8 Å². The van der Waals surface area contributed by atoms with Crippen molar-refractivity contribution in [2.75, 3.05) is 18.9 Å². The lowest BCUT2D eigenvalue weighted by Gasteiger charge is -2.23. The highest BCUT2D eigenvalue weighted by atomic mass is 32.1. The van der Waals surface area contributed by atoms with Crippen molar-refractivity contribution in [3.05, 3.63) is 16.3 Å². The Hall–Kier alpha value is -1.24. The summed E-state index contributed by atoms with van der Waals surface area (Å²) >= 11 is 1.70. The van der Waals surface area contributed by atoms with Gasteiger partial charge in [-0.25, -0.2) is 9.97 Å². The zero-order valence-corrected chi connectivity index (χ0v) is 14.1. The second-order valence-corrected chi connectivity index (χ2v) is 7.32. The van der Waals surface area contributed by atoms with Crippen LogP contribution in [-0.4, -0.2) is 39.2 Å². The van der Waals surface area contributed by atoms with E-state index in [9.17, 15) is 0 Å². The van der Waals surface area contributed by atoms with Crippen molar-refractivity contribution in [1.82, 2.24) is 14.9 Å². The van der Waals surface area contributed by atoms with Gasteiger partial charge in [-0.15, -0.1) is 11.3 Å². The SMILES string of the molecule is Cc1sc2nc(CN3CCCC3CCCO)nc(N)c2c1C. The van der Waals surface area contributed by atoms with Crippen LogP contribution in [-0.2, 0) is 6.54 Å². The third-order valence-electron chi connectivity index (χ3n) is 4.64. The zero-order valence-electron chi connectivity index (χ0n) is 13.3. The molecule has 3 rings (SSSR count). The van der Waals surface area contributed by atoms with E-state index in [4.69, 9.17) is 15.8 Å². The molecule has 1 atom stereocenters. The van der Waals surface area contributed by atoms with Crippen molar-refractivity contribution in [1.29, 1.82) is 0 Å². The van der Waals surface area contributed by atoms with Gasteiger partial charge >= 0.3 is 0 Å². The monoisotopic (exact) mass is 320 g/mol. The molecule has 0 bridgehead atoms. The summed E-state index contributed by atoms with van der Waals surface area (Å²) in [6.07, 6.45) is 4.33. The molecule has 0 spiro atoms. The van der Waals surface area contributed by atoms with Gasteiger partial charge in [0, 0.05) is 17.5 Å². The zero-order chi connectivity index (χ0) is 15.7. The van der Waals surface area contributed by atoms with Crippen LogP contribution in [0.2, 0.25) is 0 Å². The third-order valence-corrected chi connectivity index (χ3v) is 5.74. The molecular weight excluding hydrogens is 296 g/mol. The minimum absolute atomic E-state index is 0.271. The summed E-state index contributed by atoms with van der Waals surface area (Å²) in [7, 11) is 0. The van der Waals surface area contributed by atoms with Gasteiger partial charge in [0.1, 0.15) is 16.5 Å². The number of nitrogen functional groups attached to an aromatic ring is 1. The molecule has 3 heterocycles. The van der Waals surface area contributed by atoms with Gasteiger partial charge in [0.25, 0.3) is 0 Å². The van der Waals surface area contributed by atoms with Gasteiger partial charge in [0.05, 0.1) is 11.9 Å². The molecule has 0 amide bonds. The Bertz CT molecular complexity index is 670. The summed E-state index contributed by atoms with van der Waals surface area (Å²) < 4.78 is 0. The van der Waals surface area contributed by atoms with E-state index >= 15 is 0 Å². The highest BCUT2D eigenvalue weighted by Crippen LogP contribution is 2.32. The summed E-state index contributed by atoms with van der Waals surface area (Å²) in [6, 6.07) is 0.541. The maximum Gasteiger partial charge on any atom is 0.146 e. The average molecular weight is 320 g/mol. The number of nitrogens with two attached hydrogens (primary N) is 1. The molecule has 0 aromatic carbocycles. The van der Waals surface area contributed by atoms with E-state index in [2.05, 4.69) is 23.7 Å². The van der Waals surface area contributed by atoms with E-state index in [0.29, 0.717) is 11.9 Å². The molecule has 1 saturated heterocycles. The predicted octanol–water partition coefficient (Wildman–Crippen LogP) is 2.63. The van der Waals surface area contributed by atoms with Crippen LogP contribution in [0.15, 0.2) is 0 Å². The number of thiophene rings is 1. The molecule has 1 unspecified atom stereocenters. The number of rotatable bonds is 5. The average Bonchev–Trinajstić information content (AvgIpc) is 3.02. The lowest BCUT2D eigenvalue weighted by atomic mass is 10.1. The molecule has 2 aromatic heterocycles. The Morgan fingerprint density at radius 1 is 1.36 bits per heavy atom. The smallest absolute Gasteiger partial charge is 0.146 e. The van der Waals surface area contributed by atoms with E-state index < -0.39 is 0 Å². The second kappa shape index (κ2) is 6.48.